The number of hydrogen-bond acceptors (Lipinski definition) is 5. The van der Waals surface area contributed by atoms with Crippen LogP contribution in [0, 0.1) is 0 Å². The Morgan fingerprint density at radius 1 is 1.24 bits per heavy atom. The van der Waals surface area contributed by atoms with Crippen molar-refractivity contribution in [3.63, 3.8) is 0 Å². The van der Waals surface area contributed by atoms with Crippen molar-refractivity contribution in [1.29, 1.82) is 0 Å². The Labute approximate surface area is 157 Å². The number of sulfonamides is 1. The van der Waals surface area contributed by atoms with Crippen LogP contribution in [-0.2, 0) is 10.0 Å². The number of anilines is 2. The Morgan fingerprint density at radius 2 is 2.08 bits per heavy atom. The van der Waals surface area contributed by atoms with E-state index in [4.69, 9.17) is 0 Å². The molecule has 0 unspecified atom stereocenters. The number of halogens is 1. The average molecular weight is 438 g/mol. The van der Waals surface area contributed by atoms with Crippen LogP contribution in [0.15, 0.2) is 56.2 Å². The van der Waals surface area contributed by atoms with E-state index in [0.717, 1.165) is 15.1 Å². The van der Waals surface area contributed by atoms with Gasteiger partial charge in [0.05, 0.1) is 11.4 Å². The number of nitrogens with zero attached hydrogens (tertiary/aromatic N) is 2. The van der Waals surface area contributed by atoms with E-state index in [2.05, 4.69) is 25.6 Å². The summed E-state index contributed by atoms with van der Waals surface area (Å²) >= 11 is 4.64. The van der Waals surface area contributed by atoms with E-state index >= 15 is 0 Å². The van der Waals surface area contributed by atoms with Gasteiger partial charge in [-0.15, -0.1) is 4.40 Å². The number of nitrogens with one attached hydrogen (secondary N) is 1. The number of fused-ring (bicyclic) bond motifs is 3. The van der Waals surface area contributed by atoms with E-state index in [1.165, 1.54) is 11.8 Å². The minimum atomic E-state index is -3.38. The number of hydrogen-bond donors (Lipinski definition) is 1. The predicted molar refractivity (Wildman–Crippen MR) is 103 cm³/mol. The summed E-state index contributed by atoms with van der Waals surface area (Å²) < 4.78 is 28.0. The van der Waals surface area contributed by atoms with Crippen LogP contribution in [0.1, 0.15) is 10.4 Å². The first-order valence-corrected chi connectivity index (χ1v) is 10.6. The molecule has 4 rings (SSSR count). The van der Waals surface area contributed by atoms with Crippen LogP contribution in [0.3, 0.4) is 0 Å². The smallest absolute Gasteiger partial charge is 0.257 e. The number of carbonyl (C=O) groups is 1. The number of rotatable bonds is 2. The fourth-order valence-electron chi connectivity index (χ4n) is 2.64. The van der Waals surface area contributed by atoms with Gasteiger partial charge >= 0.3 is 0 Å². The maximum absolute atomic E-state index is 12.5. The Bertz CT molecular complexity index is 1020. The molecule has 0 bridgehead atoms. The molecule has 2 aliphatic heterocycles. The van der Waals surface area contributed by atoms with E-state index in [1.807, 2.05) is 35.2 Å². The van der Waals surface area contributed by atoms with Gasteiger partial charge in [0, 0.05) is 27.2 Å². The van der Waals surface area contributed by atoms with Crippen molar-refractivity contribution in [2.24, 2.45) is 4.40 Å². The molecule has 0 fully saturated rings. The molecule has 0 aromatic heterocycles. The van der Waals surface area contributed by atoms with Crippen molar-refractivity contribution in [2.75, 3.05) is 22.5 Å². The number of amidine groups is 1. The van der Waals surface area contributed by atoms with Gasteiger partial charge in [0.15, 0.2) is 5.17 Å². The summed E-state index contributed by atoms with van der Waals surface area (Å²) in [7, 11) is -3.38. The zero-order valence-electron chi connectivity index (χ0n) is 12.8. The molecule has 9 heteroatoms. The van der Waals surface area contributed by atoms with E-state index in [0.29, 0.717) is 23.0 Å². The highest BCUT2D eigenvalue weighted by Gasteiger charge is 2.33. The van der Waals surface area contributed by atoms with Crippen molar-refractivity contribution >= 4 is 60.2 Å². The molecule has 0 spiro atoms. The molecule has 0 radical (unpaired) electrons. The molecule has 0 atom stereocenters. The molecule has 0 saturated heterocycles. The summed E-state index contributed by atoms with van der Waals surface area (Å²) in [6.45, 7) is 0.380. The first kappa shape index (κ1) is 16.6. The largest absolute Gasteiger partial charge is 0.322 e. The van der Waals surface area contributed by atoms with Crippen molar-refractivity contribution in [3.05, 3.63) is 52.5 Å². The number of benzene rings is 2. The van der Waals surface area contributed by atoms with Gasteiger partial charge in [-0.1, -0.05) is 22.0 Å². The second kappa shape index (κ2) is 6.15. The van der Waals surface area contributed by atoms with Gasteiger partial charge in [0.1, 0.15) is 0 Å². The second-order valence-electron chi connectivity index (χ2n) is 5.56. The Morgan fingerprint density at radius 3 is 2.88 bits per heavy atom. The summed E-state index contributed by atoms with van der Waals surface area (Å²) in [5, 5.41) is 3.30. The van der Waals surface area contributed by atoms with E-state index < -0.39 is 10.0 Å². The van der Waals surface area contributed by atoms with Gasteiger partial charge in [0.2, 0.25) is 0 Å². The number of carbonyl (C=O) groups excluding carboxylic acids is 1. The number of thioether (sulfide) groups is 1. The van der Waals surface area contributed by atoms with Crippen LogP contribution in [0.4, 0.5) is 11.4 Å². The predicted octanol–water partition coefficient (Wildman–Crippen LogP) is 3.31. The van der Waals surface area contributed by atoms with E-state index in [-0.39, 0.29) is 11.7 Å². The lowest BCUT2D eigenvalue weighted by Crippen LogP contribution is -2.35. The topological polar surface area (TPSA) is 78.8 Å². The molecule has 25 heavy (non-hydrogen) atoms. The van der Waals surface area contributed by atoms with Gasteiger partial charge in [-0.2, -0.15) is 0 Å². The summed E-state index contributed by atoms with van der Waals surface area (Å²) in [4.78, 5) is 15.2. The lowest BCUT2D eigenvalue weighted by Gasteiger charge is -2.22. The van der Waals surface area contributed by atoms with Crippen LogP contribution >= 0.6 is 27.7 Å². The third-order valence-electron chi connectivity index (χ3n) is 3.82. The molecular formula is C16H12BrN3O3S2. The average Bonchev–Trinajstić information content (AvgIpc) is 2.89. The van der Waals surface area contributed by atoms with E-state index in [1.54, 1.807) is 12.1 Å². The molecule has 128 valence electrons. The van der Waals surface area contributed by atoms with Crippen LogP contribution in [0.2, 0.25) is 0 Å². The van der Waals surface area contributed by atoms with Crippen molar-refractivity contribution in [1.82, 2.24) is 0 Å². The highest BCUT2D eigenvalue weighted by Crippen LogP contribution is 2.42. The minimum absolute atomic E-state index is 0.00161. The quantitative estimate of drug-likeness (QED) is 0.779. The van der Waals surface area contributed by atoms with Crippen molar-refractivity contribution in [2.45, 2.75) is 4.90 Å². The van der Waals surface area contributed by atoms with Crippen LogP contribution in [0.5, 0.6) is 0 Å². The van der Waals surface area contributed by atoms with Crippen molar-refractivity contribution < 1.29 is 13.2 Å². The van der Waals surface area contributed by atoms with Gasteiger partial charge in [-0.05, 0) is 48.2 Å². The molecule has 2 heterocycles. The standard InChI is InChI=1S/C16H12BrN3O3S2/c17-11-2-1-3-12(9-11)18-15(21)10-4-5-13-14(8-10)24-16-19-25(22,23)7-6-20(13)16/h1-5,8-9H,6-7H2,(H,18,21). The Kier molecular flexibility index (Phi) is 4.09. The van der Waals surface area contributed by atoms with Gasteiger partial charge < -0.3 is 10.2 Å². The monoisotopic (exact) mass is 437 g/mol. The van der Waals surface area contributed by atoms with Gasteiger partial charge in [-0.3, -0.25) is 4.79 Å². The molecular weight excluding hydrogens is 426 g/mol. The third-order valence-corrected chi connectivity index (χ3v) is 6.62. The molecule has 2 aromatic rings. The van der Waals surface area contributed by atoms with Crippen LogP contribution in [-0.4, -0.2) is 31.8 Å². The molecule has 2 aliphatic rings. The first-order valence-electron chi connectivity index (χ1n) is 7.40. The molecule has 6 nitrogen and oxygen atoms in total. The second-order valence-corrected chi connectivity index (χ2v) is 9.24. The van der Waals surface area contributed by atoms with E-state index in [9.17, 15) is 13.2 Å². The molecule has 0 saturated carbocycles. The molecule has 0 aliphatic carbocycles. The highest BCUT2D eigenvalue weighted by molar-refractivity contribution is 9.10. The summed E-state index contributed by atoms with van der Waals surface area (Å²) in [5.41, 5.74) is 2.09. The first-order chi connectivity index (χ1) is 11.9. The lowest BCUT2D eigenvalue weighted by atomic mass is 10.1. The molecule has 1 amide bonds. The Hall–Kier alpha value is -1.84. The molecule has 1 N–H and O–H groups in total. The summed E-state index contributed by atoms with van der Waals surface area (Å²) in [6.07, 6.45) is 0. The maximum Gasteiger partial charge on any atom is 0.257 e. The van der Waals surface area contributed by atoms with Gasteiger partial charge in [-0.25, -0.2) is 8.42 Å². The summed E-state index contributed by atoms with van der Waals surface area (Å²) in [5.74, 6) is -0.220. The number of amides is 1. The fourth-order valence-corrected chi connectivity index (χ4v) is 5.34. The zero-order valence-corrected chi connectivity index (χ0v) is 16.0. The SMILES string of the molecule is O=C(Nc1cccc(Br)c1)c1ccc2c(c1)SC1=NS(=O)(=O)CCN12. The minimum Gasteiger partial charge on any atom is -0.322 e. The fraction of sp³-hybridized carbons (Fsp3) is 0.125. The maximum atomic E-state index is 12.5. The lowest BCUT2D eigenvalue weighted by molar-refractivity contribution is 0.102. The highest BCUT2D eigenvalue weighted by atomic mass is 79.9. The zero-order chi connectivity index (χ0) is 17.6. The van der Waals surface area contributed by atoms with Crippen molar-refractivity contribution in [3.8, 4) is 0 Å². The third kappa shape index (κ3) is 3.31. The van der Waals surface area contributed by atoms with Crippen LogP contribution in [0.25, 0.3) is 0 Å². The normalized spacial score (nSPS) is 17.5. The van der Waals surface area contributed by atoms with Gasteiger partial charge in [0.25, 0.3) is 15.9 Å². The summed E-state index contributed by atoms with van der Waals surface area (Å²) in [6, 6.07) is 12.7. The molecule has 2 aromatic carbocycles. The van der Waals surface area contributed by atoms with Crippen LogP contribution < -0.4 is 10.2 Å². The Balaban J connectivity index is 1.60.